The number of anilines is 1. The molecule has 2 N–H and O–H groups in total. The first-order valence-corrected chi connectivity index (χ1v) is 11.8. The first-order chi connectivity index (χ1) is 14.8. The van der Waals surface area contributed by atoms with Crippen molar-refractivity contribution in [2.24, 2.45) is 0 Å². The summed E-state index contributed by atoms with van der Waals surface area (Å²) in [7, 11) is -3.90. The van der Waals surface area contributed by atoms with Gasteiger partial charge in [-0.25, -0.2) is 13.4 Å². The van der Waals surface area contributed by atoms with Crippen molar-refractivity contribution in [2.45, 2.75) is 4.90 Å². The molecular weight excluding hydrogens is 500 g/mol. The number of benzene rings is 3. The molecular formula is C23H16BrClN2O3S. The van der Waals surface area contributed by atoms with E-state index < -0.39 is 10.0 Å². The zero-order valence-electron chi connectivity index (χ0n) is 16.0. The zero-order chi connectivity index (χ0) is 22.0. The van der Waals surface area contributed by atoms with Gasteiger partial charge < -0.3 is 5.11 Å². The minimum absolute atomic E-state index is 0.0390. The van der Waals surface area contributed by atoms with Gasteiger partial charge in [-0.1, -0.05) is 63.9 Å². The Bertz CT molecular complexity index is 1390. The van der Waals surface area contributed by atoms with Gasteiger partial charge in [0.15, 0.2) is 5.75 Å². The topological polar surface area (TPSA) is 79.3 Å². The number of rotatable bonds is 5. The molecule has 156 valence electrons. The number of sulfonamides is 1. The molecule has 31 heavy (non-hydrogen) atoms. The summed E-state index contributed by atoms with van der Waals surface area (Å²) in [6.45, 7) is 0. The molecule has 0 unspecified atom stereocenters. The predicted octanol–water partition coefficient (Wildman–Crippen LogP) is 6.33. The van der Waals surface area contributed by atoms with E-state index in [2.05, 4.69) is 25.6 Å². The number of aromatic nitrogens is 1. The van der Waals surface area contributed by atoms with Gasteiger partial charge in [0.2, 0.25) is 0 Å². The van der Waals surface area contributed by atoms with Crippen molar-refractivity contribution < 1.29 is 13.5 Å². The minimum Gasteiger partial charge on any atom is -0.504 e. The third kappa shape index (κ3) is 4.74. The molecule has 0 amide bonds. The third-order valence-corrected chi connectivity index (χ3v) is 6.76. The molecule has 4 rings (SSSR count). The lowest BCUT2D eigenvalue weighted by molar-refractivity contribution is 0.482. The predicted molar refractivity (Wildman–Crippen MR) is 129 cm³/mol. The Kier molecular flexibility index (Phi) is 6.00. The largest absolute Gasteiger partial charge is 0.504 e. The lowest BCUT2D eigenvalue weighted by atomic mass is 10.1. The Labute approximate surface area is 193 Å². The van der Waals surface area contributed by atoms with Crippen LogP contribution in [-0.4, -0.2) is 18.5 Å². The van der Waals surface area contributed by atoms with Gasteiger partial charge in [0, 0.05) is 9.86 Å². The van der Waals surface area contributed by atoms with Crippen LogP contribution in [0.25, 0.3) is 23.1 Å². The van der Waals surface area contributed by atoms with Crippen LogP contribution in [0.4, 0.5) is 5.69 Å². The fourth-order valence-corrected chi connectivity index (χ4v) is 4.58. The molecule has 0 aliphatic carbocycles. The van der Waals surface area contributed by atoms with Gasteiger partial charge in [-0.2, -0.15) is 0 Å². The number of hydrogen-bond donors (Lipinski definition) is 2. The quantitative estimate of drug-likeness (QED) is 0.305. The highest BCUT2D eigenvalue weighted by molar-refractivity contribution is 9.10. The second kappa shape index (κ2) is 8.70. The van der Waals surface area contributed by atoms with E-state index in [9.17, 15) is 13.5 Å². The molecule has 0 fully saturated rings. The highest BCUT2D eigenvalue weighted by Gasteiger charge is 2.19. The summed E-state index contributed by atoms with van der Waals surface area (Å²) < 4.78 is 28.7. The Hall–Kier alpha value is -2.87. The lowest BCUT2D eigenvalue weighted by Crippen LogP contribution is -2.13. The smallest absolute Gasteiger partial charge is 0.262 e. The summed E-state index contributed by atoms with van der Waals surface area (Å²) in [4.78, 5) is 4.54. The first kappa shape index (κ1) is 21.4. The summed E-state index contributed by atoms with van der Waals surface area (Å²) >= 11 is 9.74. The number of nitrogens with one attached hydrogen (secondary N) is 1. The van der Waals surface area contributed by atoms with Crippen LogP contribution in [0.5, 0.6) is 5.75 Å². The third-order valence-electron chi connectivity index (χ3n) is 4.54. The van der Waals surface area contributed by atoms with Gasteiger partial charge in [-0.15, -0.1) is 0 Å². The van der Waals surface area contributed by atoms with E-state index in [0.29, 0.717) is 11.1 Å². The molecule has 5 nitrogen and oxygen atoms in total. The van der Waals surface area contributed by atoms with Crippen molar-refractivity contribution in [3.8, 4) is 5.75 Å². The number of pyridine rings is 1. The fraction of sp³-hybridized carbons (Fsp3) is 0. The standard InChI is InChI=1S/C23H16BrClN2O3S/c24-16-9-6-15(7-10-16)8-11-17-12-13-19-20(25)14-21(23(28)22(19)26-17)27-31(29,30)18-4-2-1-3-5-18/h1-14,27-28H/b11-8+. The molecule has 0 atom stereocenters. The van der Waals surface area contributed by atoms with E-state index in [4.69, 9.17) is 11.6 Å². The van der Waals surface area contributed by atoms with Gasteiger partial charge in [0.1, 0.15) is 5.52 Å². The lowest BCUT2D eigenvalue weighted by Gasteiger charge is -2.12. The van der Waals surface area contributed by atoms with E-state index in [-0.39, 0.29) is 26.9 Å². The summed E-state index contributed by atoms with van der Waals surface area (Å²) in [5.74, 6) is -0.294. The van der Waals surface area contributed by atoms with Gasteiger partial charge >= 0.3 is 0 Å². The number of aromatic hydroxyl groups is 1. The van der Waals surface area contributed by atoms with E-state index in [0.717, 1.165) is 10.0 Å². The van der Waals surface area contributed by atoms with Gasteiger partial charge in [0.25, 0.3) is 10.0 Å². The zero-order valence-corrected chi connectivity index (χ0v) is 19.1. The second-order valence-electron chi connectivity index (χ2n) is 6.69. The summed E-state index contributed by atoms with van der Waals surface area (Å²) in [5.41, 5.74) is 1.74. The normalized spacial score (nSPS) is 11.8. The summed E-state index contributed by atoms with van der Waals surface area (Å²) in [6.07, 6.45) is 3.69. The molecule has 0 radical (unpaired) electrons. The minimum atomic E-state index is -3.90. The molecule has 0 aliphatic rings. The van der Waals surface area contributed by atoms with Crippen LogP contribution in [0.2, 0.25) is 5.02 Å². The molecule has 0 bridgehead atoms. The maximum absolute atomic E-state index is 12.7. The molecule has 1 heterocycles. The Balaban J connectivity index is 1.72. The van der Waals surface area contributed by atoms with Gasteiger partial charge in [-0.05, 0) is 54.1 Å². The van der Waals surface area contributed by atoms with Crippen LogP contribution in [0.15, 0.2) is 82.2 Å². The molecule has 0 saturated carbocycles. The van der Waals surface area contributed by atoms with Crippen LogP contribution in [-0.2, 0) is 10.0 Å². The molecule has 0 saturated heterocycles. The van der Waals surface area contributed by atoms with Gasteiger partial charge in [-0.3, -0.25) is 4.72 Å². The van der Waals surface area contributed by atoms with E-state index in [1.165, 1.54) is 18.2 Å². The molecule has 0 spiro atoms. The highest BCUT2D eigenvalue weighted by Crippen LogP contribution is 2.38. The van der Waals surface area contributed by atoms with Crippen LogP contribution in [0.3, 0.4) is 0 Å². The first-order valence-electron chi connectivity index (χ1n) is 9.17. The number of hydrogen-bond acceptors (Lipinski definition) is 4. The number of phenolic OH excluding ortho intramolecular Hbond substituents is 1. The molecule has 1 aromatic heterocycles. The summed E-state index contributed by atoms with van der Waals surface area (Å²) in [6, 6.07) is 20.5. The highest BCUT2D eigenvalue weighted by atomic mass is 79.9. The van der Waals surface area contributed by atoms with Crippen molar-refractivity contribution in [1.29, 1.82) is 0 Å². The maximum Gasteiger partial charge on any atom is 0.262 e. The van der Waals surface area contributed by atoms with Crippen molar-refractivity contribution in [2.75, 3.05) is 4.72 Å². The van der Waals surface area contributed by atoms with Crippen LogP contribution in [0, 0.1) is 0 Å². The fourth-order valence-electron chi connectivity index (χ4n) is 2.98. The Morgan fingerprint density at radius 3 is 2.39 bits per heavy atom. The van der Waals surface area contributed by atoms with Crippen LogP contribution < -0.4 is 4.72 Å². The van der Waals surface area contributed by atoms with Crippen molar-refractivity contribution in [3.63, 3.8) is 0 Å². The number of halogens is 2. The van der Waals surface area contributed by atoms with Crippen LogP contribution in [0.1, 0.15) is 11.3 Å². The van der Waals surface area contributed by atoms with E-state index >= 15 is 0 Å². The SMILES string of the molecule is O=S(=O)(Nc1cc(Cl)c2ccc(/C=C/c3ccc(Br)cc3)nc2c1O)c1ccccc1. The Morgan fingerprint density at radius 1 is 0.968 bits per heavy atom. The second-order valence-corrected chi connectivity index (χ2v) is 9.70. The number of fused-ring (bicyclic) bond motifs is 1. The Morgan fingerprint density at radius 2 is 1.68 bits per heavy atom. The molecule has 8 heteroatoms. The maximum atomic E-state index is 12.7. The van der Waals surface area contributed by atoms with Crippen molar-refractivity contribution in [1.82, 2.24) is 4.98 Å². The van der Waals surface area contributed by atoms with E-state index in [1.54, 1.807) is 36.4 Å². The molecule has 3 aromatic carbocycles. The van der Waals surface area contributed by atoms with Crippen LogP contribution >= 0.6 is 27.5 Å². The summed E-state index contributed by atoms with van der Waals surface area (Å²) in [5, 5.41) is 11.5. The number of phenols is 1. The monoisotopic (exact) mass is 514 g/mol. The number of nitrogens with zero attached hydrogens (tertiary/aromatic N) is 1. The molecule has 4 aromatic rings. The van der Waals surface area contributed by atoms with E-state index in [1.807, 2.05) is 30.3 Å². The van der Waals surface area contributed by atoms with Gasteiger partial charge in [0.05, 0.1) is 21.3 Å². The van der Waals surface area contributed by atoms with Crippen molar-refractivity contribution >= 4 is 66.3 Å². The average Bonchev–Trinajstić information content (AvgIpc) is 2.77. The van der Waals surface area contributed by atoms with Crippen molar-refractivity contribution in [3.05, 3.63) is 93.5 Å². The molecule has 0 aliphatic heterocycles. The average molecular weight is 516 g/mol.